The normalized spacial score (nSPS) is 17.2. The Morgan fingerprint density at radius 1 is 1.02 bits per heavy atom. The molecule has 49 heavy (non-hydrogen) atoms. The van der Waals surface area contributed by atoms with Crippen LogP contribution in [-0.4, -0.2) is 94.2 Å². The number of nitrogens with zero attached hydrogens (tertiary/aromatic N) is 7. The van der Waals surface area contributed by atoms with Gasteiger partial charge in [-0.3, -0.25) is 9.69 Å². The van der Waals surface area contributed by atoms with E-state index in [0.717, 1.165) is 93.7 Å². The van der Waals surface area contributed by atoms with Gasteiger partial charge in [-0.2, -0.15) is 18.4 Å². The van der Waals surface area contributed by atoms with Gasteiger partial charge in [0.15, 0.2) is 0 Å². The van der Waals surface area contributed by atoms with Crippen molar-refractivity contribution in [2.75, 3.05) is 52.1 Å². The zero-order valence-corrected chi connectivity index (χ0v) is 29.6. The Morgan fingerprint density at radius 2 is 1.73 bits per heavy atom. The van der Waals surface area contributed by atoms with Crippen LogP contribution in [0.5, 0.6) is 0 Å². The fourth-order valence-corrected chi connectivity index (χ4v) is 8.36. The van der Waals surface area contributed by atoms with E-state index in [4.69, 9.17) is 0 Å². The average Bonchev–Trinajstić information content (AvgIpc) is 3.62. The lowest BCUT2D eigenvalue weighted by Gasteiger charge is -2.33. The molecular formula is C36H45F3N8OS. The summed E-state index contributed by atoms with van der Waals surface area (Å²) >= 11 is 1.08. The van der Waals surface area contributed by atoms with Gasteiger partial charge in [0.25, 0.3) is 0 Å². The number of aromatic nitrogens is 3. The smallest absolute Gasteiger partial charge is 0.367 e. The molecule has 4 aromatic rings. The highest BCUT2D eigenvalue weighted by Crippen LogP contribution is 2.34. The Kier molecular flexibility index (Phi) is 10.5. The maximum atomic E-state index is 13.0. The molecule has 0 radical (unpaired) electrons. The molecule has 2 aliphatic rings. The van der Waals surface area contributed by atoms with E-state index in [2.05, 4.69) is 54.8 Å². The lowest BCUT2D eigenvalue weighted by Crippen LogP contribution is -2.39. The molecule has 13 heteroatoms. The Labute approximate surface area is 289 Å². The zero-order valence-electron chi connectivity index (χ0n) is 28.7. The zero-order chi connectivity index (χ0) is 34.9. The summed E-state index contributed by atoms with van der Waals surface area (Å²) in [6.07, 6.45) is -0.761. The van der Waals surface area contributed by atoms with E-state index in [9.17, 15) is 23.2 Å². The first-order chi connectivity index (χ1) is 23.4. The Hall–Kier alpha value is -3.73. The van der Waals surface area contributed by atoms with Crippen molar-refractivity contribution in [3.8, 4) is 6.07 Å². The largest absolute Gasteiger partial charge is 0.393 e. The van der Waals surface area contributed by atoms with Crippen LogP contribution in [0.15, 0.2) is 24.3 Å². The van der Waals surface area contributed by atoms with E-state index in [-0.39, 0.29) is 16.8 Å². The molecule has 6 rings (SSSR count). The molecule has 5 heterocycles. The van der Waals surface area contributed by atoms with Crippen molar-refractivity contribution in [2.45, 2.75) is 77.7 Å². The molecule has 2 saturated heterocycles. The fraction of sp³-hybridized carbons (Fsp3) is 0.556. The molecule has 9 nitrogen and oxygen atoms in total. The van der Waals surface area contributed by atoms with Crippen LogP contribution in [0.3, 0.4) is 0 Å². The number of nitrogens with one attached hydrogen (secondary N) is 1. The molecule has 0 atom stereocenters. The van der Waals surface area contributed by atoms with E-state index in [1.807, 2.05) is 20.2 Å². The van der Waals surface area contributed by atoms with Gasteiger partial charge < -0.3 is 19.7 Å². The van der Waals surface area contributed by atoms with Crippen molar-refractivity contribution in [1.29, 1.82) is 5.26 Å². The molecule has 0 spiro atoms. The number of aryl methyl sites for hydroxylation is 2. The SMILES string of the molecule is Cc1nc(NC2CCN(Cc3ccc4c(cc(C#N)n4CCN4CCC(CC(=O)N(C)C)CC4)c3C)CC2)c2cc(CC(F)(F)F)sc2n1. The van der Waals surface area contributed by atoms with Crippen LogP contribution in [0.1, 0.15) is 59.6 Å². The molecule has 0 bridgehead atoms. The number of halogens is 3. The molecule has 1 aromatic carbocycles. The van der Waals surface area contributed by atoms with Gasteiger partial charge in [0.05, 0.1) is 11.8 Å². The summed E-state index contributed by atoms with van der Waals surface area (Å²) in [5.41, 5.74) is 4.22. The van der Waals surface area contributed by atoms with Crippen LogP contribution in [0, 0.1) is 31.1 Å². The van der Waals surface area contributed by atoms with Gasteiger partial charge in [0.1, 0.15) is 28.2 Å². The molecule has 1 N–H and O–H groups in total. The van der Waals surface area contributed by atoms with Crippen molar-refractivity contribution in [1.82, 2.24) is 29.2 Å². The summed E-state index contributed by atoms with van der Waals surface area (Å²) in [6, 6.07) is 10.5. The summed E-state index contributed by atoms with van der Waals surface area (Å²) in [5, 5.41) is 15.3. The first-order valence-corrected chi connectivity index (χ1v) is 18.0. The van der Waals surface area contributed by atoms with Gasteiger partial charge in [-0.25, -0.2) is 9.97 Å². The molecule has 0 saturated carbocycles. The number of anilines is 1. The number of hydrogen-bond donors (Lipinski definition) is 1. The Bertz CT molecular complexity index is 1840. The van der Waals surface area contributed by atoms with Gasteiger partial charge in [0, 0.05) is 75.1 Å². The first kappa shape index (κ1) is 35.1. The average molecular weight is 695 g/mol. The third-order valence-corrected chi connectivity index (χ3v) is 11.2. The number of likely N-dealkylation sites (tertiary alicyclic amines) is 2. The summed E-state index contributed by atoms with van der Waals surface area (Å²) in [6.45, 7) is 10.1. The third-order valence-electron chi connectivity index (χ3n) is 10.1. The topological polar surface area (TPSA) is 93.3 Å². The first-order valence-electron chi connectivity index (χ1n) is 17.1. The van der Waals surface area contributed by atoms with Crippen LogP contribution in [-0.2, 0) is 24.3 Å². The second-order valence-corrected chi connectivity index (χ2v) is 15.0. The number of piperidine rings is 2. The molecule has 3 aromatic heterocycles. The fourth-order valence-electron chi connectivity index (χ4n) is 7.25. The highest BCUT2D eigenvalue weighted by molar-refractivity contribution is 7.18. The number of alkyl halides is 3. The number of nitriles is 1. The molecule has 262 valence electrons. The standard InChI is InChI=1S/C36H45F3N8OS/c1-23-26(5-6-32-30(23)18-28(21-40)47(32)16-15-45-11-7-25(8-12-45)17-33(48)44(3)4)22-46-13-9-27(10-14-46)43-34-31-19-29(20-36(37,38)39)49-35(31)42-24(2)41-34/h5-6,18-19,25,27H,7-17,20,22H2,1-4H3,(H,41,42,43). The maximum Gasteiger partial charge on any atom is 0.393 e. The van der Waals surface area contributed by atoms with E-state index < -0.39 is 12.6 Å². The van der Waals surface area contributed by atoms with Crippen LogP contribution >= 0.6 is 11.3 Å². The summed E-state index contributed by atoms with van der Waals surface area (Å²) in [5.74, 6) is 1.80. The second-order valence-electron chi connectivity index (χ2n) is 13.9. The minimum absolute atomic E-state index is 0.168. The van der Waals surface area contributed by atoms with Gasteiger partial charge in [-0.1, -0.05) is 6.07 Å². The van der Waals surface area contributed by atoms with E-state index in [0.29, 0.717) is 39.9 Å². The van der Waals surface area contributed by atoms with E-state index in [1.54, 1.807) is 17.9 Å². The van der Waals surface area contributed by atoms with Gasteiger partial charge in [-0.15, -0.1) is 11.3 Å². The van der Waals surface area contributed by atoms with Crippen LogP contribution in [0.4, 0.5) is 19.0 Å². The molecular weight excluding hydrogens is 650 g/mol. The van der Waals surface area contributed by atoms with Gasteiger partial charge in [0.2, 0.25) is 5.91 Å². The van der Waals surface area contributed by atoms with Gasteiger partial charge in [-0.05, 0) is 87.9 Å². The van der Waals surface area contributed by atoms with Crippen LogP contribution in [0.25, 0.3) is 21.1 Å². The van der Waals surface area contributed by atoms with Crippen molar-refractivity contribution >= 4 is 44.2 Å². The lowest BCUT2D eigenvalue weighted by molar-refractivity contribution is -0.130. The Balaban J connectivity index is 1.05. The number of hydrogen-bond acceptors (Lipinski definition) is 8. The number of benzene rings is 1. The third kappa shape index (κ3) is 8.36. The number of thiophene rings is 1. The minimum Gasteiger partial charge on any atom is -0.367 e. The van der Waals surface area contributed by atoms with Crippen molar-refractivity contribution in [3.63, 3.8) is 0 Å². The summed E-state index contributed by atoms with van der Waals surface area (Å²) in [4.78, 5) is 28.5. The van der Waals surface area contributed by atoms with Crippen LogP contribution in [0.2, 0.25) is 0 Å². The van der Waals surface area contributed by atoms with Crippen molar-refractivity contribution in [2.24, 2.45) is 5.92 Å². The van der Waals surface area contributed by atoms with Gasteiger partial charge >= 0.3 is 6.18 Å². The number of fused-ring (bicyclic) bond motifs is 2. The highest BCUT2D eigenvalue weighted by atomic mass is 32.1. The highest BCUT2D eigenvalue weighted by Gasteiger charge is 2.30. The second kappa shape index (κ2) is 14.6. The summed E-state index contributed by atoms with van der Waals surface area (Å²) in [7, 11) is 3.63. The number of carbonyl (C=O) groups is 1. The van der Waals surface area contributed by atoms with Crippen LogP contribution < -0.4 is 5.32 Å². The number of carbonyl (C=O) groups excluding carboxylic acids is 1. The lowest BCUT2D eigenvalue weighted by atomic mass is 9.93. The number of rotatable bonds is 10. The molecule has 2 aliphatic heterocycles. The quantitative estimate of drug-likeness (QED) is 0.203. The Morgan fingerprint density at radius 3 is 2.41 bits per heavy atom. The predicted octanol–water partition coefficient (Wildman–Crippen LogP) is 6.51. The monoisotopic (exact) mass is 694 g/mol. The molecule has 0 aliphatic carbocycles. The predicted molar refractivity (Wildman–Crippen MR) is 188 cm³/mol. The van der Waals surface area contributed by atoms with E-state index in [1.165, 1.54) is 11.1 Å². The van der Waals surface area contributed by atoms with E-state index >= 15 is 0 Å². The maximum absolute atomic E-state index is 13.0. The minimum atomic E-state index is -4.26. The summed E-state index contributed by atoms with van der Waals surface area (Å²) < 4.78 is 41.2. The molecule has 1 amide bonds. The molecule has 2 fully saturated rings. The van der Waals surface area contributed by atoms with Crippen molar-refractivity contribution < 1.29 is 18.0 Å². The number of amides is 1. The van der Waals surface area contributed by atoms with Crippen molar-refractivity contribution in [3.05, 3.63) is 51.8 Å². The molecule has 0 unspecified atom stereocenters.